The van der Waals surface area contributed by atoms with Gasteiger partial charge in [0.05, 0.1) is 23.0 Å². The van der Waals surface area contributed by atoms with E-state index in [1.807, 2.05) is 46.6 Å². The van der Waals surface area contributed by atoms with Crippen molar-refractivity contribution in [2.24, 2.45) is 7.05 Å². The zero-order chi connectivity index (χ0) is 14.4. The zero-order valence-electron chi connectivity index (χ0n) is 12.6. The number of rotatable bonds is 1. The van der Waals surface area contributed by atoms with Crippen LogP contribution in [0.1, 0.15) is 42.5 Å². The van der Waals surface area contributed by atoms with Gasteiger partial charge in [0.15, 0.2) is 0 Å². The Balaban J connectivity index is 2.29. The molecular weight excluding hydrogens is 242 g/mol. The van der Waals surface area contributed by atoms with Crippen molar-refractivity contribution in [3.63, 3.8) is 0 Å². The summed E-state index contributed by atoms with van der Waals surface area (Å²) >= 11 is 0. The molecule has 0 unspecified atom stereocenters. The molecule has 1 aliphatic rings. The van der Waals surface area contributed by atoms with E-state index in [1.54, 1.807) is 4.68 Å². The van der Waals surface area contributed by atoms with Gasteiger partial charge in [0.25, 0.3) is 5.91 Å². The van der Waals surface area contributed by atoms with Crippen molar-refractivity contribution < 1.29 is 9.53 Å². The molecule has 0 aliphatic carbocycles. The molecule has 5 heteroatoms. The molecular formula is C14H23N3O2. The van der Waals surface area contributed by atoms with Crippen molar-refractivity contribution in [2.75, 3.05) is 13.1 Å². The molecule has 0 radical (unpaired) electrons. The van der Waals surface area contributed by atoms with Crippen LogP contribution in [0.25, 0.3) is 0 Å². The highest BCUT2D eigenvalue weighted by Gasteiger charge is 2.35. The van der Waals surface area contributed by atoms with Crippen LogP contribution in [0.4, 0.5) is 0 Å². The van der Waals surface area contributed by atoms with E-state index in [4.69, 9.17) is 4.74 Å². The molecule has 1 atom stereocenters. The largest absolute Gasteiger partial charge is 0.369 e. The van der Waals surface area contributed by atoms with Gasteiger partial charge in [-0.25, -0.2) is 0 Å². The van der Waals surface area contributed by atoms with Gasteiger partial charge in [-0.15, -0.1) is 0 Å². The summed E-state index contributed by atoms with van der Waals surface area (Å²) in [5.74, 6) is 0.0614. The monoisotopic (exact) mass is 265 g/mol. The quantitative estimate of drug-likeness (QED) is 0.776. The lowest BCUT2D eigenvalue weighted by atomic mass is 10.0. The second kappa shape index (κ2) is 4.63. The number of nitrogens with zero attached hydrogens (tertiary/aromatic N) is 3. The Morgan fingerprint density at radius 2 is 2.05 bits per heavy atom. The second-order valence-corrected chi connectivity index (χ2v) is 6.04. The van der Waals surface area contributed by atoms with Crippen LogP contribution in [0.5, 0.6) is 0 Å². The van der Waals surface area contributed by atoms with E-state index in [-0.39, 0.29) is 17.6 Å². The third-order valence-corrected chi connectivity index (χ3v) is 3.58. The Labute approximate surface area is 114 Å². The Hall–Kier alpha value is -1.36. The SMILES string of the molecule is Cc1nn(C)c(C)c1C(=O)N1C[C@H](C)OC(C)(C)C1. The van der Waals surface area contributed by atoms with Crippen LogP contribution in [0.15, 0.2) is 0 Å². The number of morpholine rings is 1. The number of ether oxygens (including phenoxy) is 1. The number of carbonyl (C=O) groups excluding carboxylic acids is 1. The minimum atomic E-state index is -0.294. The Bertz CT molecular complexity index is 505. The van der Waals surface area contributed by atoms with Crippen molar-refractivity contribution in [1.29, 1.82) is 0 Å². The molecule has 0 N–H and O–H groups in total. The normalized spacial score (nSPS) is 22.6. The first kappa shape index (κ1) is 14.1. The number of aryl methyl sites for hydroxylation is 2. The molecule has 1 aromatic rings. The topological polar surface area (TPSA) is 47.4 Å². The van der Waals surface area contributed by atoms with Crippen LogP contribution in [0.3, 0.4) is 0 Å². The van der Waals surface area contributed by atoms with Gasteiger partial charge in [0, 0.05) is 25.8 Å². The van der Waals surface area contributed by atoms with Gasteiger partial charge in [-0.3, -0.25) is 9.48 Å². The average Bonchev–Trinajstić information content (AvgIpc) is 2.49. The number of hydrogen-bond donors (Lipinski definition) is 0. The summed E-state index contributed by atoms with van der Waals surface area (Å²) in [4.78, 5) is 14.6. The molecule has 1 amide bonds. The van der Waals surface area contributed by atoms with Crippen LogP contribution >= 0.6 is 0 Å². The first-order chi connectivity index (χ1) is 8.71. The summed E-state index contributed by atoms with van der Waals surface area (Å²) in [5, 5.41) is 4.32. The van der Waals surface area contributed by atoms with E-state index in [0.29, 0.717) is 13.1 Å². The number of amides is 1. The highest BCUT2D eigenvalue weighted by Crippen LogP contribution is 2.24. The Kier molecular flexibility index (Phi) is 3.43. The van der Waals surface area contributed by atoms with Gasteiger partial charge >= 0.3 is 0 Å². The number of carbonyl (C=O) groups is 1. The van der Waals surface area contributed by atoms with Crippen LogP contribution < -0.4 is 0 Å². The molecule has 5 nitrogen and oxygen atoms in total. The second-order valence-electron chi connectivity index (χ2n) is 6.04. The fourth-order valence-corrected chi connectivity index (χ4v) is 2.85. The lowest BCUT2D eigenvalue weighted by Crippen LogP contribution is -2.53. The van der Waals surface area contributed by atoms with Crippen molar-refractivity contribution >= 4 is 5.91 Å². The molecule has 1 saturated heterocycles. The average molecular weight is 265 g/mol. The van der Waals surface area contributed by atoms with E-state index in [9.17, 15) is 4.79 Å². The van der Waals surface area contributed by atoms with Gasteiger partial charge in [-0.05, 0) is 34.6 Å². The molecule has 0 spiro atoms. The van der Waals surface area contributed by atoms with Gasteiger partial charge in [-0.1, -0.05) is 0 Å². The predicted molar refractivity (Wildman–Crippen MR) is 73.2 cm³/mol. The molecule has 1 aliphatic heterocycles. The highest BCUT2D eigenvalue weighted by atomic mass is 16.5. The van der Waals surface area contributed by atoms with Crippen molar-refractivity contribution in [1.82, 2.24) is 14.7 Å². The number of aromatic nitrogens is 2. The molecule has 106 valence electrons. The van der Waals surface area contributed by atoms with Crippen molar-refractivity contribution in [2.45, 2.75) is 46.3 Å². The summed E-state index contributed by atoms with van der Waals surface area (Å²) in [6.45, 7) is 11.1. The predicted octanol–water partition coefficient (Wildman–Crippen LogP) is 1.68. The minimum Gasteiger partial charge on any atom is -0.369 e. The van der Waals surface area contributed by atoms with E-state index >= 15 is 0 Å². The van der Waals surface area contributed by atoms with E-state index in [0.717, 1.165) is 17.0 Å². The van der Waals surface area contributed by atoms with Crippen LogP contribution in [-0.4, -0.2) is 45.4 Å². The molecule has 1 aromatic heterocycles. The highest BCUT2D eigenvalue weighted by molar-refractivity contribution is 5.96. The van der Waals surface area contributed by atoms with Crippen molar-refractivity contribution in [3.8, 4) is 0 Å². The summed E-state index contributed by atoms with van der Waals surface area (Å²) in [6.07, 6.45) is 0.0602. The van der Waals surface area contributed by atoms with E-state index in [1.165, 1.54) is 0 Å². The maximum Gasteiger partial charge on any atom is 0.257 e. The third-order valence-electron chi connectivity index (χ3n) is 3.58. The molecule has 0 aromatic carbocycles. The fourth-order valence-electron chi connectivity index (χ4n) is 2.85. The zero-order valence-corrected chi connectivity index (χ0v) is 12.6. The summed E-state index contributed by atoms with van der Waals surface area (Å²) in [6, 6.07) is 0. The maximum atomic E-state index is 12.7. The first-order valence-corrected chi connectivity index (χ1v) is 6.68. The third kappa shape index (κ3) is 2.66. The summed E-state index contributed by atoms with van der Waals surface area (Å²) < 4.78 is 7.60. The molecule has 0 saturated carbocycles. The molecule has 2 heterocycles. The van der Waals surface area contributed by atoms with Crippen LogP contribution in [-0.2, 0) is 11.8 Å². The fraction of sp³-hybridized carbons (Fsp3) is 0.714. The lowest BCUT2D eigenvalue weighted by molar-refractivity contribution is -0.118. The number of hydrogen-bond acceptors (Lipinski definition) is 3. The summed E-state index contributed by atoms with van der Waals surface area (Å²) in [7, 11) is 1.87. The van der Waals surface area contributed by atoms with E-state index in [2.05, 4.69) is 5.10 Å². The Morgan fingerprint density at radius 3 is 2.53 bits per heavy atom. The minimum absolute atomic E-state index is 0.0602. The van der Waals surface area contributed by atoms with Gasteiger partial charge in [0.2, 0.25) is 0 Å². The standard InChI is InChI=1S/C14H23N3O2/c1-9-7-17(8-14(4,5)19-9)13(18)12-10(2)15-16(6)11(12)3/h9H,7-8H2,1-6H3/t9-/m0/s1. The lowest BCUT2D eigenvalue weighted by Gasteiger charge is -2.41. The van der Waals surface area contributed by atoms with Crippen molar-refractivity contribution in [3.05, 3.63) is 17.0 Å². The van der Waals surface area contributed by atoms with Gasteiger partial charge < -0.3 is 9.64 Å². The summed E-state index contributed by atoms with van der Waals surface area (Å²) in [5.41, 5.74) is 2.14. The molecule has 19 heavy (non-hydrogen) atoms. The van der Waals surface area contributed by atoms with Crippen LogP contribution in [0.2, 0.25) is 0 Å². The van der Waals surface area contributed by atoms with Gasteiger partial charge in [-0.2, -0.15) is 5.10 Å². The maximum absolute atomic E-state index is 12.7. The first-order valence-electron chi connectivity index (χ1n) is 6.68. The molecule has 1 fully saturated rings. The van der Waals surface area contributed by atoms with E-state index < -0.39 is 0 Å². The smallest absolute Gasteiger partial charge is 0.257 e. The molecule has 2 rings (SSSR count). The Morgan fingerprint density at radius 1 is 1.42 bits per heavy atom. The molecule has 0 bridgehead atoms. The van der Waals surface area contributed by atoms with Gasteiger partial charge in [0.1, 0.15) is 0 Å². The van der Waals surface area contributed by atoms with Crippen LogP contribution in [0, 0.1) is 13.8 Å².